The van der Waals surface area contributed by atoms with Gasteiger partial charge >= 0.3 is 0 Å². The van der Waals surface area contributed by atoms with Gasteiger partial charge in [-0.25, -0.2) is 0 Å². The van der Waals surface area contributed by atoms with E-state index in [9.17, 15) is 0 Å². The van der Waals surface area contributed by atoms with Gasteiger partial charge in [-0.1, -0.05) is 18.1 Å². The van der Waals surface area contributed by atoms with E-state index < -0.39 is 0 Å². The topological polar surface area (TPSA) is 83.5 Å². The average Bonchev–Trinajstić information content (AvgIpc) is 2.38. The standard InChI is InChI=1S/C12H20N4O/c1-3-11(7-12(13)16-17)15-9(2)10-5-4-6-14-8-10/h4-6,8-9,11,15,17H,3,7H2,1-2H3,(H2,13,16). The van der Waals surface area contributed by atoms with Crippen LogP contribution in [0.15, 0.2) is 29.7 Å². The molecule has 1 heterocycles. The first-order chi connectivity index (χ1) is 8.17. The number of rotatable bonds is 6. The summed E-state index contributed by atoms with van der Waals surface area (Å²) in [5, 5.41) is 15.0. The summed E-state index contributed by atoms with van der Waals surface area (Å²) in [6.07, 6.45) is 5.05. The quantitative estimate of drug-likeness (QED) is 0.303. The highest BCUT2D eigenvalue weighted by Gasteiger charge is 2.13. The van der Waals surface area contributed by atoms with E-state index in [-0.39, 0.29) is 17.9 Å². The summed E-state index contributed by atoms with van der Waals surface area (Å²) in [7, 11) is 0. The molecule has 5 nitrogen and oxygen atoms in total. The maximum atomic E-state index is 8.56. The molecule has 0 spiro atoms. The molecule has 1 rings (SSSR count). The van der Waals surface area contributed by atoms with Gasteiger partial charge in [0.15, 0.2) is 0 Å². The second-order valence-corrected chi connectivity index (χ2v) is 4.08. The van der Waals surface area contributed by atoms with Crippen molar-refractivity contribution in [3.8, 4) is 0 Å². The fourth-order valence-electron chi connectivity index (χ4n) is 1.70. The summed E-state index contributed by atoms with van der Waals surface area (Å²) < 4.78 is 0. The molecule has 0 aliphatic heterocycles. The molecule has 1 aromatic heterocycles. The highest BCUT2D eigenvalue weighted by molar-refractivity contribution is 5.80. The molecule has 0 saturated carbocycles. The largest absolute Gasteiger partial charge is 0.409 e. The minimum Gasteiger partial charge on any atom is -0.409 e. The van der Waals surface area contributed by atoms with E-state index in [0.717, 1.165) is 12.0 Å². The van der Waals surface area contributed by atoms with Crippen molar-refractivity contribution in [2.75, 3.05) is 0 Å². The van der Waals surface area contributed by atoms with E-state index in [4.69, 9.17) is 10.9 Å². The monoisotopic (exact) mass is 236 g/mol. The number of nitrogens with two attached hydrogens (primary N) is 1. The molecule has 0 aliphatic rings. The Balaban J connectivity index is 2.57. The first-order valence-corrected chi connectivity index (χ1v) is 5.79. The van der Waals surface area contributed by atoms with Gasteiger partial charge in [0.25, 0.3) is 0 Å². The van der Waals surface area contributed by atoms with Crippen molar-refractivity contribution >= 4 is 5.84 Å². The van der Waals surface area contributed by atoms with Gasteiger partial charge in [-0.15, -0.1) is 0 Å². The molecule has 2 atom stereocenters. The van der Waals surface area contributed by atoms with Crippen LogP contribution in [-0.4, -0.2) is 22.1 Å². The van der Waals surface area contributed by atoms with Gasteiger partial charge in [0.1, 0.15) is 5.84 Å². The van der Waals surface area contributed by atoms with Crippen LogP contribution in [0.5, 0.6) is 0 Å². The number of hydrogen-bond acceptors (Lipinski definition) is 4. The summed E-state index contributed by atoms with van der Waals surface area (Å²) in [6.45, 7) is 4.14. The molecule has 4 N–H and O–H groups in total. The van der Waals surface area contributed by atoms with E-state index in [1.807, 2.05) is 18.3 Å². The molecule has 0 aliphatic carbocycles. The third-order valence-corrected chi connectivity index (χ3v) is 2.75. The maximum Gasteiger partial charge on any atom is 0.140 e. The average molecular weight is 236 g/mol. The van der Waals surface area contributed by atoms with Crippen LogP contribution in [0.25, 0.3) is 0 Å². The number of amidine groups is 1. The molecule has 0 saturated heterocycles. The predicted octanol–water partition coefficient (Wildman–Crippen LogP) is 1.65. The van der Waals surface area contributed by atoms with Crippen molar-refractivity contribution in [2.24, 2.45) is 10.9 Å². The van der Waals surface area contributed by atoms with Crippen LogP contribution in [-0.2, 0) is 0 Å². The minimum absolute atomic E-state index is 0.195. The van der Waals surface area contributed by atoms with Crippen molar-refractivity contribution in [3.05, 3.63) is 30.1 Å². The molecule has 1 aromatic rings. The van der Waals surface area contributed by atoms with E-state index in [2.05, 4.69) is 29.3 Å². The van der Waals surface area contributed by atoms with Crippen LogP contribution in [0, 0.1) is 0 Å². The number of aromatic nitrogens is 1. The Morgan fingerprint density at radius 1 is 1.65 bits per heavy atom. The highest BCUT2D eigenvalue weighted by Crippen LogP contribution is 2.12. The third kappa shape index (κ3) is 4.40. The van der Waals surface area contributed by atoms with Gasteiger partial charge in [-0.2, -0.15) is 0 Å². The number of hydrogen-bond donors (Lipinski definition) is 3. The zero-order valence-corrected chi connectivity index (χ0v) is 10.3. The smallest absolute Gasteiger partial charge is 0.140 e. The molecule has 0 bridgehead atoms. The van der Waals surface area contributed by atoms with Crippen LogP contribution in [0.2, 0.25) is 0 Å². The predicted molar refractivity (Wildman–Crippen MR) is 67.9 cm³/mol. The molecule has 5 heteroatoms. The van der Waals surface area contributed by atoms with Crippen molar-refractivity contribution in [3.63, 3.8) is 0 Å². The first-order valence-electron chi connectivity index (χ1n) is 5.79. The van der Waals surface area contributed by atoms with E-state index in [0.29, 0.717) is 6.42 Å². The van der Waals surface area contributed by atoms with Crippen LogP contribution in [0.1, 0.15) is 38.3 Å². The fraction of sp³-hybridized carbons (Fsp3) is 0.500. The Kier molecular flexibility index (Phi) is 5.42. The van der Waals surface area contributed by atoms with Crippen LogP contribution < -0.4 is 11.1 Å². The lowest BCUT2D eigenvalue weighted by Crippen LogP contribution is -2.35. The highest BCUT2D eigenvalue weighted by atomic mass is 16.4. The Morgan fingerprint density at radius 3 is 2.94 bits per heavy atom. The summed E-state index contributed by atoms with van der Waals surface area (Å²) >= 11 is 0. The fourth-order valence-corrected chi connectivity index (χ4v) is 1.70. The normalized spacial score (nSPS) is 15.5. The van der Waals surface area contributed by atoms with Crippen LogP contribution >= 0.6 is 0 Å². The van der Waals surface area contributed by atoms with Gasteiger partial charge in [0.2, 0.25) is 0 Å². The third-order valence-electron chi connectivity index (χ3n) is 2.75. The van der Waals surface area contributed by atoms with Crippen LogP contribution in [0.4, 0.5) is 0 Å². The second kappa shape index (κ2) is 6.85. The minimum atomic E-state index is 0.195. The molecule has 2 unspecified atom stereocenters. The molecule has 0 radical (unpaired) electrons. The second-order valence-electron chi connectivity index (χ2n) is 4.08. The van der Waals surface area contributed by atoms with Crippen molar-refractivity contribution < 1.29 is 5.21 Å². The lowest BCUT2D eigenvalue weighted by Gasteiger charge is -2.21. The van der Waals surface area contributed by atoms with Gasteiger partial charge in [0.05, 0.1) is 0 Å². The summed E-state index contributed by atoms with van der Waals surface area (Å²) in [4.78, 5) is 4.09. The van der Waals surface area contributed by atoms with Gasteiger partial charge in [-0.3, -0.25) is 4.98 Å². The molecule has 0 aromatic carbocycles. The Labute approximate surface area is 102 Å². The van der Waals surface area contributed by atoms with Crippen molar-refractivity contribution in [1.29, 1.82) is 0 Å². The Morgan fingerprint density at radius 2 is 2.41 bits per heavy atom. The molecular weight excluding hydrogens is 216 g/mol. The molecule has 17 heavy (non-hydrogen) atoms. The van der Waals surface area contributed by atoms with E-state index >= 15 is 0 Å². The first kappa shape index (κ1) is 13.4. The van der Waals surface area contributed by atoms with Crippen molar-refractivity contribution in [1.82, 2.24) is 10.3 Å². The summed E-state index contributed by atoms with van der Waals surface area (Å²) in [5.41, 5.74) is 6.64. The Bertz CT molecular complexity index is 353. The van der Waals surface area contributed by atoms with Gasteiger partial charge < -0.3 is 16.3 Å². The zero-order chi connectivity index (χ0) is 12.7. The zero-order valence-electron chi connectivity index (χ0n) is 10.3. The Hall–Kier alpha value is -1.62. The SMILES string of the molecule is CCC(CC(N)=NO)NC(C)c1cccnc1. The molecule has 94 valence electrons. The van der Waals surface area contributed by atoms with Gasteiger partial charge in [0, 0.05) is 30.9 Å². The number of oxime groups is 1. The lowest BCUT2D eigenvalue weighted by atomic mass is 10.1. The van der Waals surface area contributed by atoms with Crippen LogP contribution in [0.3, 0.4) is 0 Å². The van der Waals surface area contributed by atoms with Crippen molar-refractivity contribution in [2.45, 2.75) is 38.8 Å². The number of nitrogens with one attached hydrogen (secondary N) is 1. The molecule has 0 fully saturated rings. The van der Waals surface area contributed by atoms with E-state index in [1.165, 1.54) is 0 Å². The summed E-state index contributed by atoms with van der Waals surface area (Å²) in [6, 6.07) is 4.33. The van der Waals surface area contributed by atoms with E-state index in [1.54, 1.807) is 6.20 Å². The summed E-state index contributed by atoms with van der Waals surface area (Å²) in [5.74, 6) is 0.253. The lowest BCUT2D eigenvalue weighted by molar-refractivity contribution is 0.315. The molecule has 0 amide bonds. The van der Waals surface area contributed by atoms with Gasteiger partial charge in [-0.05, 0) is 25.0 Å². The maximum absolute atomic E-state index is 8.56. The molecular formula is C12H20N4O. The number of nitrogens with zero attached hydrogens (tertiary/aromatic N) is 2. The number of pyridine rings is 1.